The third-order valence-electron chi connectivity index (χ3n) is 2.83. The number of aliphatic hydroxyl groups is 1. The minimum Gasteiger partial charge on any atom is -0.386 e. The molecular weight excluding hydrogens is 277 g/mol. The molecule has 1 heterocycles. The first-order valence-corrected chi connectivity index (χ1v) is 6.29. The first-order chi connectivity index (χ1) is 8.50. The summed E-state index contributed by atoms with van der Waals surface area (Å²) >= 11 is 11.7. The highest BCUT2D eigenvalue weighted by Gasteiger charge is 2.32. The Morgan fingerprint density at radius 3 is 2.94 bits per heavy atom. The monoisotopic (exact) mass is 289 g/mol. The summed E-state index contributed by atoms with van der Waals surface area (Å²) in [6.07, 6.45) is 0.510. The fraction of sp³-hybridized carbons (Fsp3) is 0.417. The number of rotatable bonds is 3. The molecular formula is C12H13Cl2NO3. The average Bonchev–Trinajstić information content (AvgIpc) is 2.77. The van der Waals surface area contributed by atoms with Crippen molar-refractivity contribution in [3.8, 4) is 0 Å². The molecule has 1 fully saturated rings. The molecule has 0 saturated carbocycles. The number of ether oxygens (including phenoxy) is 1. The summed E-state index contributed by atoms with van der Waals surface area (Å²) in [4.78, 5) is 11.9. The zero-order valence-electron chi connectivity index (χ0n) is 9.58. The molecule has 98 valence electrons. The molecule has 1 aliphatic rings. The summed E-state index contributed by atoms with van der Waals surface area (Å²) in [6.45, 7) is 0.871. The highest BCUT2D eigenvalue weighted by Crippen LogP contribution is 2.21. The number of hydrogen-bond donors (Lipinski definition) is 2. The highest BCUT2D eigenvalue weighted by molar-refractivity contribution is 6.35. The van der Waals surface area contributed by atoms with Gasteiger partial charge in [0.15, 0.2) is 0 Å². The zero-order chi connectivity index (χ0) is 13.2. The van der Waals surface area contributed by atoms with E-state index in [1.54, 1.807) is 12.1 Å². The van der Waals surface area contributed by atoms with Crippen molar-refractivity contribution in [3.63, 3.8) is 0 Å². The molecule has 1 atom stereocenters. The van der Waals surface area contributed by atoms with Crippen LogP contribution in [0.5, 0.6) is 0 Å². The maximum absolute atomic E-state index is 11.9. The van der Waals surface area contributed by atoms with Gasteiger partial charge >= 0.3 is 0 Å². The van der Waals surface area contributed by atoms with E-state index in [9.17, 15) is 9.90 Å². The molecule has 1 saturated heterocycles. The lowest BCUT2D eigenvalue weighted by molar-refractivity contribution is 0.0264. The van der Waals surface area contributed by atoms with Gasteiger partial charge in [0.2, 0.25) is 0 Å². The second-order valence-corrected chi connectivity index (χ2v) is 5.18. The molecule has 6 heteroatoms. The van der Waals surface area contributed by atoms with Crippen LogP contribution in [0.15, 0.2) is 18.2 Å². The minimum absolute atomic E-state index is 0.134. The Bertz CT molecular complexity index is 459. The van der Waals surface area contributed by atoms with Crippen LogP contribution in [0.4, 0.5) is 0 Å². The predicted octanol–water partition coefficient (Wildman–Crippen LogP) is 1.87. The van der Waals surface area contributed by atoms with Crippen molar-refractivity contribution in [2.75, 3.05) is 19.8 Å². The summed E-state index contributed by atoms with van der Waals surface area (Å²) in [6, 6.07) is 4.67. The predicted molar refractivity (Wildman–Crippen MR) is 69.2 cm³/mol. The van der Waals surface area contributed by atoms with Gasteiger partial charge in [0.25, 0.3) is 5.91 Å². The molecule has 1 unspecified atom stereocenters. The first-order valence-electron chi connectivity index (χ1n) is 5.54. The van der Waals surface area contributed by atoms with Gasteiger partial charge in [-0.2, -0.15) is 0 Å². The third-order valence-corrected chi connectivity index (χ3v) is 3.40. The Balaban J connectivity index is 2.01. The van der Waals surface area contributed by atoms with Crippen LogP contribution >= 0.6 is 23.2 Å². The number of carbonyl (C=O) groups excluding carboxylic acids is 1. The van der Waals surface area contributed by atoms with Crippen molar-refractivity contribution in [1.82, 2.24) is 5.32 Å². The first kappa shape index (κ1) is 13.6. The molecule has 0 aromatic heterocycles. The number of benzene rings is 1. The smallest absolute Gasteiger partial charge is 0.252 e. The molecule has 18 heavy (non-hydrogen) atoms. The molecule has 0 spiro atoms. The third kappa shape index (κ3) is 3.14. The average molecular weight is 290 g/mol. The summed E-state index contributed by atoms with van der Waals surface area (Å²) in [5.74, 6) is -0.358. The van der Waals surface area contributed by atoms with E-state index < -0.39 is 5.60 Å². The van der Waals surface area contributed by atoms with Crippen LogP contribution in [0.2, 0.25) is 10.0 Å². The van der Waals surface area contributed by atoms with Crippen LogP contribution in [0.3, 0.4) is 0 Å². The molecule has 1 amide bonds. The Kier molecular flexibility index (Phi) is 4.12. The Morgan fingerprint density at radius 1 is 1.50 bits per heavy atom. The summed E-state index contributed by atoms with van der Waals surface area (Å²) < 4.78 is 5.09. The highest BCUT2D eigenvalue weighted by atomic mass is 35.5. The van der Waals surface area contributed by atoms with Crippen molar-refractivity contribution in [1.29, 1.82) is 0 Å². The largest absolute Gasteiger partial charge is 0.386 e. The number of nitrogens with one attached hydrogen (secondary N) is 1. The molecule has 1 aliphatic heterocycles. The van der Waals surface area contributed by atoms with Gasteiger partial charge in [-0.15, -0.1) is 0 Å². The van der Waals surface area contributed by atoms with Gasteiger partial charge in [-0.25, -0.2) is 0 Å². The Morgan fingerprint density at radius 2 is 2.28 bits per heavy atom. The van der Waals surface area contributed by atoms with Crippen molar-refractivity contribution >= 4 is 29.1 Å². The van der Waals surface area contributed by atoms with Crippen LogP contribution in [-0.2, 0) is 4.74 Å². The Labute approximate surface area is 115 Å². The second-order valence-electron chi connectivity index (χ2n) is 4.33. The van der Waals surface area contributed by atoms with E-state index in [-0.39, 0.29) is 19.1 Å². The molecule has 2 N–H and O–H groups in total. The SMILES string of the molecule is O=C(NCC1(O)CCOC1)c1cc(Cl)ccc1Cl. The molecule has 0 aliphatic carbocycles. The van der Waals surface area contributed by atoms with Crippen LogP contribution in [0, 0.1) is 0 Å². The molecule has 4 nitrogen and oxygen atoms in total. The van der Waals surface area contributed by atoms with Gasteiger partial charge in [-0.1, -0.05) is 23.2 Å². The number of halogens is 2. The van der Waals surface area contributed by atoms with Gasteiger partial charge in [-0.05, 0) is 18.2 Å². The van der Waals surface area contributed by atoms with E-state index in [1.165, 1.54) is 6.07 Å². The second kappa shape index (κ2) is 5.45. The summed E-state index contributed by atoms with van der Waals surface area (Å²) in [7, 11) is 0. The minimum atomic E-state index is -0.985. The summed E-state index contributed by atoms with van der Waals surface area (Å²) in [5, 5.41) is 13.4. The lowest BCUT2D eigenvalue weighted by atomic mass is 10.0. The number of carbonyl (C=O) groups is 1. The van der Waals surface area contributed by atoms with Crippen LogP contribution < -0.4 is 5.32 Å². The van der Waals surface area contributed by atoms with Crippen LogP contribution in [0.1, 0.15) is 16.8 Å². The normalized spacial score (nSPS) is 23.1. The van der Waals surface area contributed by atoms with E-state index in [2.05, 4.69) is 5.32 Å². The fourth-order valence-corrected chi connectivity index (χ4v) is 2.12. The maximum atomic E-state index is 11.9. The van der Waals surface area contributed by atoms with Crippen LogP contribution in [0.25, 0.3) is 0 Å². The van der Waals surface area contributed by atoms with Gasteiger partial charge in [0, 0.05) is 24.6 Å². The molecule has 2 rings (SSSR count). The van der Waals surface area contributed by atoms with Gasteiger partial charge < -0.3 is 15.2 Å². The quantitative estimate of drug-likeness (QED) is 0.893. The van der Waals surface area contributed by atoms with E-state index in [1.807, 2.05) is 0 Å². The number of amides is 1. The summed E-state index contributed by atoms with van der Waals surface area (Å²) in [5.41, 5.74) is -0.688. The number of hydrogen-bond acceptors (Lipinski definition) is 3. The Hall–Kier alpha value is -0.810. The lowest BCUT2D eigenvalue weighted by Gasteiger charge is -2.20. The fourth-order valence-electron chi connectivity index (χ4n) is 1.75. The van der Waals surface area contributed by atoms with Gasteiger partial charge in [-0.3, -0.25) is 4.79 Å². The molecule has 1 aromatic rings. The van der Waals surface area contributed by atoms with Crippen molar-refractivity contribution in [3.05, 3.63) is 33.8 Å². The van der Waals surface area contributed by atoms with Crippen molar-refractivity contribution < 1.29 is 14.6 Å². The van der Waals surface area contributed by atoms with Crippen molar-refractivity contribution in [2.24, 2.45) is 0 Å². The zero-order valence-corrected chi connectivity index (χ0v) is 11.1. The van der Waals surface area contributed by atoms with E-state index in [0.717, 1.165) is 0 Å². The molecule has 0 radical (unpaired) electrons. The van der Waals surface area contributed by atoms with E-state index in [0.29, 0.717) is 28.6 Å². The van der Waals surface area contributed by atoms with Gasteiger partial charge in [0.05, 0.1) is 17.2 Å². The van der Waals surface area contributed by atoms with E-state index in [4.69, 9.17) is 27.9 Å². The van der Waals surface area contributed by atoms with E-state index >= 15 is 0 Å². The standard InChI is InChI=1S/C12H13Cl2NO3/c13-8-1-2-10(14)9(5-8)11(16)15-6-12(17)3-4-18-7-12/h1-2,5,17H,3-4,6-7H2,(H,15,16). The maximum Gasteiger partial charge on any atom is 0.252 e. The lowest BCUT2D eigenvalue weighted by Crippen LogP contribution is -2.43. The molecule has 1 aromatic carbocycles. The molecule has 0 bridgehead atoms. The van der Waals surface area contributed by atoms with Crippen molar-refractivity contribution in [2.45, 2.75) is 12.0 Å². The topological polar surface area (TPSA) is 58.6 Å². The van der Waals surface area contributed by atoms with Gasteiger partial charge in [0.1, 0.15) is 5.60 Å². The van der Waals surface area contributed by atoms with Crippen LogP contribution in [-0.4, -0.2) is 36.4 Å².